The number of fused-ring (bicyclic) bond motifs is 12. The van der Waals surface area contributed by atoms with E-state index in [1.54, 1.807) is 11.3 Å². The van der Waals surface area contributed by atoms with Crippen LogP contribution >= 0.6 is 34.0 Å². The van der Waals surface area contributed by atoms with Gasteiger partial charge in [0, 0.05) is 74.9 Å². The molecule has 0 radical (unpaired) electrons. The number of hydrogen-bond acceptors (Lipinski definition) is 6. The zero-order valence-electron chi connectivity index (χ0n) is 34.7. The van der Waals surface area contributed by atoms with Gasteiger partial charge in [0.1, 0.15) is 11.2 Å². The van der Waals surface area contributed by atoms with Gasteiger partial charge in [-0.3, -0.25) is 0 Å². The van der Waals surface area contributed by atoms with Crippen LogP contribution < -0.4 is 26.2 Å². The van der Waals surface area contributed by atoms with E-state index >= 15 is 0 Å². The standard InChI is InChI=1S/C58H33BN2OS3/c1-3-12-34(13-4-1)40-26-36-22-24-63-55(36)31-48(40)60-46-18-11-19-47-58(46)59(44-28-42-38-16-7-9-20-52(38)62-53(42)30-50(44)60)45-29-43-39-17-8-10-21-54(39)65-57(43)33-51(45)61(47)49-32-56-37(23-25-64-56)27-41(49)35-14-5-2-6-15-35/h1-33H. The van der Waals surface area contributed by atoms with Crippen molar-refractivity contribution in [3.05, 3.63) is 199 Å². The molecule has 15 rings (SSSR count). The number of rotatable bonds is 4. The molecule has 0 aliphatic carbocycles. The van der Waals surface area contributed by atoms with Crippen LogP contribution in [0.1, 0.15) is 0 Å². The summed E-state index contributed by atoms with van der Waals surface area (Å²) in [4.78, 5) is 5.16. The minimum absolute atomic E-state index is 0.0730. The van der Waals surface area contributed by atoms with Crippen molar-refractivity contribution in [3.8, 4) is 22.3 Å². The highest BCUT2D eigenvalue weighted by molar-refractivity contribution is 7.26. The fourth-order valence-corrected chi connectivity index (χ4v) is 13.7. The summed E-state index contributed by atoms with van der Waals surface area (Å²) >= 11 is 5.49. The third kappa shape index (κ3) is 5.17. The van der Waals surface area contributed by atoms with Gasteiger partial charge in [0.05, 0.1) is 11.4 Å². The Kier molecular flexibility index (Phi) is 7.50. The minimum Gasteiger partial charge on any atom is -0.456 e. The molecule has 9 aromatic carbocycles. The number of benzene rings is 9. The van der Waals surface area contributed by atoms with Crippen molar-refractivity contribution in [1.82, 2.24) is 0 Å². The van der Waals surface area contributed by atoms with Crippen LogP contribution in [0.4, 0.5) is 34.1 Å². The summed E-state index contributed by atoms with van der Waals surface area (Å²) in [6, 6.07) is 70.2. The topological polar surface area (TPSA) is 19.6 Å². The first-order valence-corrected chi connectivity index (χ1v) is 24.6. The third-order valence-corrected chi connectivity index (χ3v) is 16.7. The average Bonchev–Trinajstić information content (AvgIpc) is 4.17. The molecule has 0 fully saturated rings. The quantitative estimate of drug-likeness (QED) is 0.164. The van der Waals surface area contributed by atoms with Crippen molar-refractivity contribution < 1.29 is 4.42 Å². The number of thiophene rings is 3. The summed E-state index contributed by atoms with van der Waals surface area (Å²) < 4.78 is 11.9. The molecule has 0 amide bonds. The molecule has 0 unspecified atom stereocenters. The Balaban J connectivity index is 1.10. The largest absolute Gasteiger partial charge is 0.456 e. The van der Waals surface area contributed by atoms with Crippen LogP contribution in [0.25, 0.3) is 84.5 Å². The maximum atomic E-state index is 6.76. The van der Waals surface area contributed by atoms with E-state index in [0.717, 1.165) is 33.3 Å². The second-order valence-corrected chi connectivity index (χ2v) is 20.2. The number of anilines is 6. The molecular formula is C58H33BN2OS3. The third-order valence-electron chi connectivity index (χ3n) is 13.8. The molecule has 3 nitrogen and oxygen atoms in total. The molecule has 2 aliphatic rings. The molecule has 0 saturated carbocycles. The fourth-order valence-electron chi connectivity index (χ4n) is 11.0. The molecular weight excluding hydrogens is 848 g/mol. The Hall–Kier alpha value is -7.42. The molecule has 0 atom stereocenters. The van der Waals surface area contributed by atoms with Gasteiger partial charge < -0.3 is 14.2 Å². The molecule has 65 heavy (non-hydrogen) atoms. The van der Waals surface area contributed by atoms with Crippen molar-refractivity contribution >= 4 is 154 Å². The van der Waals surface area contributed by atoms with Crippen LogP contribution in [-0.4, -0.2) is 6.71 Å². The van der Waals surface area contributed by atoms with Gasteiger partial charge in [-0.15, -0.1) is 34.0 Å². The van der Waals surface area contributed by atoms with E-state index in [0.29, 0.717) is 0 Å². The molecule has 13 aromatic rings. The van der Waals surface area contributed by atoms with Gasteiger partial charge in [0.2, 0.25) is 0 Å². The predicted octanol–water partition coefficient (Wildman–Crippen LogP) is 15.8. The zero-order chi connectivity index (χ0) is 42.3. The SMILES string of the molecule is c1ccc(-c2cc3ccsc3cc2N2c3cc4oc5ccccc5c4cc3B3c4cc5c(cc4N(c4cc6sccc6cc4-c4ccccc4)c4cccc2c43)sc2ccccc25)cc1. The van der Waals surface area contributed by atoms with Gasteiger partial charge in [-0.2, -0.15) is 0 Å². The van der Waals surface area contributed by atoms with Crippen molar-refractivity contribution in [1.29, 1.82) is 0 Å². The molecule has 7 heteroatoms. The maximum absolute atomic E-state index is 6.76. The molecule has 0 spiro atoms. The lowest BCUT2D eigenvalue weighted by atomic mass is 9.33. The predicted molar refractivity (Wildman–Crippen MR) is 282 cm³/mol. The van der Waals surface area contributed by atoms with E-state index < -0.39 is 0 Å². The molecule has 4 aromatic heterocycles. The van der Waals surface area contributed by atoms with Gasteiger partial charge in [-0.25, -0.2) is 0 Å². The lowest BCUT2D eigenvalue weighted by Gasteiger charge is -2.44. The lowest BCUT2D eigenvalue weighted by molar-refractivity contribution is 0.669. The van der Waals surface area contributed by atoms with Crippen LogP contribution in [0.3, 0.4) is 0 Å². The van der Waals surface area contributed by atoms with Gasteiger partial charge in [0.25, 0.3) is 6.71 Å². The first-order chi connectivity index (χ1) is 32.2. The Morgan fingerprint density at radius 3 is 1.58 bits per heavy atom. The Morgan fingerprint density at radius 2 is 0.923 bits per heavy atom. The van der Waals surface area contributed by atoms with Crippen LogP contribution in [0.2, 0.25) is 0 Å². The highest BCUT2D eigenvalue weighted by Gasteiger charge is 2.45. The number of nitrogens with zero attached hydrogens (tertiary/aromatic N) is 2. The van der Waals surface area contributed by atoms with Gasteiger partial charge >= 0.3 is 0 Å². The number of furan rings is 1. The molecule has 0 saturated heterocycles. The van der Waals surface area contributed by atoms with Crippen molar-refractivity contribution in [2.75, 3.05) is 9.80 Å². The second kappa shape index (κ2) is 13.6. The fraction of sp³-hybridized carbons (Fsp3) is 0. The van der Waals surface area contributed by atoms with E-state index in [4.69, 9.17) is 4.42 Å². The van der Waals surface area contributed by atoms with E-state index in [9.17, 15) is 0 Å². The van der Waals surface area contributed by atoms with Crippen molar-refractivity contribution in [2.24, 2.45) is 0 Å². The zero-order valence-corrected chi connectivity index (χ0v) is 37.1. The summed E-state index contributed by atoms with van der Waals surface area (Å²) in [7, 11) is 0. The Morgan fingerprint density at radius 1 is 0.369 bits per heavy atom. The smallest absolute Gasteiger partial charge is 0.252 e. The first kappa shape index (κ1) is 36.0. The van der Waals surface area contributed by atoms with Crippen LogP contribution in [0, 0.1) is 0 Å². The highest BCUT2D eigenvalue weighted by atomic mass is 32.1. The van der Waals surface area contributed by atoms with Crippen LogP contribution in [-0.2, 0) is 0 Å². The Bertz CT molecular complexity index is 3850. The summed E-state index contributed by atoms with van der Waals surface area (Å²) in [5.74, 6) is 0. The van der Waals surface area contributed by atoms with Gasteiger partial charge in [-0.1, -0.05) is 115 Å². The average molecular weight is 881 g/mol. The van der Waals surface area contributed by atoms with E-state index in [1.165, 1.54) is 102 Å². The lowest BCUT2D eigenvalue weighted by Crippen LogP contribution is -2.61. The van der Waals surface area contributed by atoms with E-state index in [1.807, 2.05) is 22.7 Å². The minimum atomic E-state index is -0.0730. The molecule has 302 valence electrons. The van der Waals surface area contributed by atoms with Gasteiger partial charge in [-0.05, 0) is 121 Å². The maximum Gasteiger partial charge on any atom is 0.252 e. The molecule has 6 heterocycles. The van der Waals surface area contributed by atoms with E-state index in [-0.39, 0.29) is 6.71 Å². The van der Waals surface area contributed by atoms with Crippen molar-refractivity contribution in [3.63, 3.8) is 0 Å². The molecule has 2 aliphatic heterocycles. The summed E-state index contributed by atoms with van der Waals surface area (Å²) in [5.41, 5.74) is 17.5. The van der Waals surface area contributed by atoms with Crippen LogP contribution in [0.5, 0.6) is 0 Å². The first-order valence-electron chi connectivity index (χ1n) is 22.0. The van der Waals surface area contributed by atoms with Gasteiger partial charge in [0.15, 0.2) is 0 Å². The highest BCUT2D eigenvalue weighted by Crippen LogP contribution is 2.51. The molecule has 0 N–H and O–H groups in total. The summed E-state index contributed by atoms with van der Waals surface area (Å²) in [5, 5.41) is 11.8. The number of hydrogen-bond donors (Lipinski definition) is 0. The monoisotopic (exact) mass is 880 g/mol. The van der Waals surface area contributed by atoms with Crippen LogP contribution in [0.15, 0.2) is 203 Å². The summed E-state index contributed by atoms with van der Waals surface area (Å²) in [6.45, 7) is -0.0730. The van der Waals surface area contributed by atoms with E-state index in [2.05, 4.69) is 209 Å². The number of para-hydroxylation sites is 1. The normalized spacial score (nSPS) is 13.1. The second-order valence-electron chi connectivity index (χ2n) is 17.2. The summed E-state index contributed by atoms with van der Waals surface area (Å²) in [6.07, 6.45) is 0. The molecule has 0 bridgehead atoms. The Labute approximate surface area is 386 Å². The van der Waals surface area contributed by atoms with Crippen molar-refractivity contribution in [2.45, 2.75) is 0 Å².